The van der Waals surface area contributed by atoms with Crippen LogP contribution in [0.2, 0.25) is 0 Å². The molecule has 2 unspecified atom stereocenters. The van der Waals surface area contributed by atoms with E-state index in [9.17, 15) is 0 Å². The number of hydrogen-bond acceptors (Lipinski definition) is 3. The second-order valence-electron chi connectivity index (χ2n) is 12.8. The molecule has 3 fully saturated rings. The van der Waals surface area contributed by atoms with Crippen molar-refractivity contribution in [2.24, 2.45) is 11.3 Å². The Morgan fingerprint density at radius 2 is 1.97 bits per heavy atom. The molecule has 3 nitrogen and oxygen atoms in total. The first kappa shape index (κ1) is 22.2. The Balaban J connectivity index is 1.25. The molecule has 3 aliphatic carbocycles. The predicted molar refractivity (Wildman–Crippen MR) is 142 cm³/mol. The third-order valence-corrected chi connectivity index (χ3v) is 11.1. The number of fused-ring (bicyclic) bond motifs is 2. The summed E-state index contributed by atoms with van der Waals surface area (Å²) in [6, 6.07) is 10.4. The van der Waals surface area contributed by atoms with Crippen LogP contribution in [0.5, 0.6) is 0 Å². The molecule has 35 heavy (non-hydrogen) atoms. The van der Waals surface area contributed by atoms with Crippen LogP contribution >= 0.6 is 0 Å². The molecule has 3 heteroatoms. The highest BCUT2D eigenvalue weighted by molar-refractivity contribution is 5.82. The Labute approximate surface area is 210 Å². The van der Waals surface area contributed by atoms with Gasteiger partial charge in [-0.3, -0.25) is 4.98 Å². The van der Waals surface area contributed by atoms with Crippen LogP contribution in [-0.2, 0) is 4.74 Å². The van der Waals surface area contributed by atoms with Crippen LogP contribution in [0.15, 0.2) is 60.0 Å². The Kier molecular flexibility index (Phi) is 4.78. The molecule has 2 spiro atoms. The minimum Gasteiger partial charge on any atom is -0.359 e. The van der Waals surface area contributed by atoms with Gasteiger partial charge in [0.05, 0.1) is 11.2 Å². The van der Waals surface area contributed by atoms with Gasteiger partial charge in [-0.1, -0.05) is 31.2 Å². The van der Waals surface area contributed by atoms with Crippen molar-refractivity contribution in [2.45, 2.75) is 101 Å². The van der Waals surface area contributed by atoms with E-state index in [1.165, 1.54) is 73.3 Å². The second kappa shape index (κ2) is 7.52. The van der Waals surface area contributed by atoms with E-state index in [1.807, 2.05) is 12.4 Å². The molecular weight excluding hydrogens is 428 g/mol. The van der Waals surface area contributed by atoms with E-state index in [-0.39, 0.29) is 16.6 Å². The predicted octanol–water partition coefficient (Wildman–Crippen LogP) is 7.19. The number of rotatable bonds is 3. The van der Waals surface area contributed by atoms with Crippen molar-refractivity contribution >= 4 is 10.8 Å². The van der Waals surface area contributed by atoms with Crippen molar-refractivity contribution in [2.75, 3.05) is 7.05 Å². The van der Waals surface area contributed by atoms with Crippen molar-refractivity contribution in [1.82, 2.24) is 9.88 Å². The van der Waals surface area contributed by atoms with Gasteiger partial charge in [0.1, 0.15) is 0 Å². The van der Waals surface area contributed by atoms with Crippen LogP contribution in [-0.4, -0.2) is 40.2 Å². The molecule has 1 saturated heterocycles. The van der Waals surface area contributed by atoms with Crippen LogP contribution < -0.4 is 0 Å². The second-order valence-corrected chi connectivity index (χ2v) is 12.8. The normalized spacial score (nSPS) is 39.9. The monoisotopic (exact) mass is 468 g/mol. The van der Waals surface area contributed by atoms with E-state index in [0.29, 0.717) is 23.9 Å². The lowest BCUT2D eigenvalue weighted by Crippen LogP contribution is -2.55. The highest BCUT2D eigenvalue weighted by Crippen LogP contribution is 2.69. The van der Waals surface area contributed by atoms with Crippen LogP contribution in [0, 0.1) is 11.3 Å². The summed E-state index contributed by atoms with van der Waals surface area (Å²) in [7, 11) is 2.32. The Morgan fingerprint density at radius 1 is 1.09 bits per heavy atom. The molecule has 2 aromatic rings. The molecule has 1 aromatic heterocycles. The van der Waals surface area contributed by atoms with Gasteiger partial charge < -0.3 is 9.64 Å². The van der Waals surface area contributed by atoms with Crippen molar-refractivity contribution in [3.63, 3.8) is 0 Å². The summed E-state index contributed by atoms with van der Waals surface area (Å²) in [5, 5.41) is 2.56. The van der Waals surface area contributed by atoms with Crippen molar-refractivity contribution in [3.8, 4) is 0 Å². The average molecular weight is 469 g/mol. The molecular formula is C32H40N2O. The molecule has 2 aliphatic heterocycles. The first-order chi connectivity index (χ1) is 16.8. The van der Waals surface area contributed by atoms with Gasteiger partial charge in [-0.05, 0) is 124 Å². The summed E-state index contributed by atoms with van der Waals surface area (Å²) in [6.07, 6.45) is 18.9. The highest BCUT2D eigenvalue weighted by Gasteiger charge is 2.66. The summed E-state index contributed by atoms with van der Waals surface area (Å²) in [5.74, 6) is 1.19. The lowest BCUT2D eigenvalue weighted by atomic mass is 9.58. The van der Waals surface area contributed by atoms with Crippen LogP contribution in [0.4, 0.5) is 0 Å². The molecule has 3 heterocycles. The fraction of sp³-hybridized carbons (Fsp3) is 0.594. The van der Waals surface area contributed by atoms with Gasteiger partial charge >= 0.3 is 0 Å². The highest BCUT2D eigenvalue weighted by atomic mass is 16.5. The summed E-state index contributed by atoms with van der Waals surface area (Å²) >= 11 is 0. The largest absolute Gasteiger partial charge is 0.359 e. The van der Waals surface area contributed by atoms with Crippen molar-refractivity contribution in [1.29, 1.82) is 0 Å². The first-order valence-electron chi connectivity index (χ1n) is 14.0. The van der Waals surface area contributed by atoms with Gasteiger partial charge in [-0.2, -0.15) is 0 Å². The molecule has 2 saturated carbocycles. The average Bonchev–Trinajstić information content (AvgIpc) is 3.38. The maximum atomic E-state index is 7.50. The molecule has 7 rings (SSSR count). The van der Waals surface area contributed by atoms with Gasteiger partial charge in [0.2, 0.25) is 0 Å². The lowest BCUT2D eigenvalue weighted by Gasteiger charge is -2.55. The fourth-order valence-corrected chi connectivity index (χ4v) is 9.02. The molecule has 0 N–H and O–H groups in total. The summed E-state index contributed by atoms with van der Waals surface area (Å²) in [4.78, 5) is 6.98. The summed E-state index contributed by atoms with van der Waals surface area (Å²) in [5.41, 5.74) is 4.79. The zero-order valence-electron chi connectivity index (χ0n) is 21.9. The van der Waals surface area contributed by atoms with Crippen LogP contribution in [0.25, 0.3) is 10.8 Å². The quantitative estimate of drug-likeness (QED) is 0.477. The Morgan fingerprint density at radius 3 is 2.83 bits per heavy atom. The molecule has 6 atom stereocenters. The topological polar surface area (TPSA) is 25.4 Å². The third kappa shape index (κ3) is 3.01. The van der Waals surface area contributed by atoms with E-state index in [1.54, 1.807) is 5.57 Å². The van der Waals surface area contributed by atoms with Gasteiger partial charge in [0.25, 0.3) is 0 Å². The molecule has 0 radical (unpaired) electrons. The van der Waals surface area contributed by atoms with E-state index in [2.05, 4.69) is 74.1 Å². The van der Waals surface area contributed by atoms with E-state index < -0.39 is 0 Å². The summed E-state index contributed by atoms with van der Waals surface area (Å²) < 4.78 is 7.50. The van der Waals surface area contributed by atoms with Crippen LogP contribution in [0.1, 0.15) is 83.6 Å². The van der Waals surface area contributed by atoms with Gasteiger partial charge in [-0.15, -0.1) is 0 Å². The van der Waals surface area contributed by atoms with E-state index in [4.69, 9.17) is 4.74 Å². The molecule has 0 amide bonds. The van der Waals surface area contributed by atoms with Gasteiger partial charge in [0.15, 0.2) is 0 Å². The lowest BCUT2D eigenvalue weighted by molar-refractivity contribution is -0.141. The molecule has 5 aliphatic rings. The Bertz CT molecular complexity index is 1250. The minimum atomic E-state index is -0.0675. The van der Waals surface area contributed by atoms with Gasteiger partial charge in [0, 0.05) is 29.9 Å². The van der Waals surface area contributed by atoms with E-state index in [0.717, 1.165) is 0 Å². The standard InChI is InChI=1S/C32H40N2O/c1-21(2)34(4)27-8-7-25-18-26-11-13-30(3)28(23-6-5-22-12-16-33-20-24(22)17-23)9-10-29(30)32(26)15-14-31(25,19-27)35-32/h5-6,11-12,16-18,20-21,27-29H,7-10,13-15,19H2,1-4H3/t27-,28?,29+,30+,31?,32+/m0/s1. The minimum absolute atomic E-state index is 0.0195. The number of benzene rings is 1. The SMILES string of the molecule is CC(C)N(C)[C@H]1CCC2=CC3=CC[C@]4(C)C(c5ccc6ccncc6c5)CC[C@H]4[C@@]34CCC2(C1)O4. The summed E-state index contributed by atoms with van der Waals surface area (Å²) in [6.45, 7) is 7.24. The number of ether oxygens (including phenoxy) is 1. The maximum absolute atomic E-state index is 7.50. The maximum Gasteiger partial charge on any atom is 0.0974 e. The number of allylic oxidation sites excluding steroid dienone is 1. The first-order valence-corrected chi connectivity index (χ1v) is 14.0. The zero-order chi connectivity index (χ0) is 24.0. The third-order valence-electron chi connectivity index (χ3n) is 11.1. The number of pyridine rings is 1. The smallest absolute Gasteiger partial charge is 0.0974 e. The molecule has 1 aromatic carbocycles. The van der Waals surface area contributed by atoms with Crippen molar-refractivity contribution in [3.05, 3.63) is 65.5 Å². The van der Waals surface area contributed by atoms with Crippen LogP contribution in [0.3, 0.4) is 0 Å². The van der Waals surface area contributed by atoms with Crippen molar-refractivity contribution < 1.29 is 4.74 Å². The zero-order valence-corrected chi connectivity index (χ0v) is 21.9. The molecule has 2 bridgehead atoms. The van der Waals surface area contributed by atoms with E-state index >= 15 is 0 Å². The number of aromatic nitrogens is 1. The number of hydrogen-bond donors (Lipinski definition) is 0. The number of nitrogens with zero attached hydrogens (tertiary/aromatic N) is 2. The molecule has 184 valence electrons. The van der Waals surface area contributed by atoms with Gasteiger partial charge in [-0.25, -0.2) is 0 Å². The fourth-order valence-electron chi connectivity index (χ4n) is 9.02. The Hall–Kier alpha value is -1.97.